The summed E-state index contributed by atoms with van der Waals surface area (Å²) in [5, 5.41) is 12.5. The topological polar surface area (TPSA) is 62.1 Å². The molecule has 0 saturated heterocycles. The second-order valence-corrected chi connectivity index (χ2v) is 7.34. The molecule has 0 aromatic heterocycles. The van der Waals surface area contributed by atoms with Crippen molar-refractivity contribution in [3.05, 3.63) is 99.0 Å². The van der Waals surface area contributed by atoms with Crippen LogP contribution < -0.4 is 10.1 Å². The lowest BCUT2D eigenvalue weighted by molar-refractivity contribution is -0.112. The van der Waals surface area contributed by atoms with E-state index in [4.69, 9.17) is 16.3 Å². The van der Waals surface area contributed by atoms with Gasteiger partial charge in [0.2, 0.25) is 0 Å². The van der Waals surface area contributed by atoms with E-state index in [2.05, 4.69) is 21.2 Å². The first kappa shape index (κ1) is 20.7. The van der Waals surface area contributed by atoms with Gasteiger partial charge in [0.25, 0.3) is 5.91 Å². The number of amides is 1. The highest BCUT2D eigenvalue weighted by atomic mass is 79.9. The molecular weight excluding hydrogens is 452 g/mol. The number of carbonyl (C=O) groups excluding carboxylic acids is 1. The molecule has 0 unspecified atom stereocenters. The number of hydrogen-bond acceptors (Lipinski definition) is 3. The summed E-state index contributed by atoms with van der Waals surface area (Å²) in [4.78, 5) is 12.4. The minimum absolute atomic E-state index is 0.0326. The van der Waals surface area contributed by atoms with Crippen molar-refractivity contribution in [3.63, 3.8) is 0 Å². The summed E-state index contributed by atoms with van der Waals surface area (Å²) in [6.45, 7) is 0.372. The summed E-state index contributed by atoms with van der Waals surface area (Å²) in [6.07, 6.45) is 1.48. The van der Waals surface area contributed by atoms with Crippen LogP contribution in [0.25, 0.3) is 6.08 Å². The highest BCUT2D eigenvalue weighted by molar-refractivity contribution is 9.10. The summed E-state index contributed by atoms with van der Waals surface area (Å²) in [5.74, 6) is 0.00950. The first-order chi connectivity index (χ1) is 14.1. The molecule has 0 aliphatic carbocycles. The zero-order valence-electron chi connectivity index (χ0n) is 15.2. The minimum atomic E-state index is -0.490. The van der Waals surface area contributed by atoms with E-state index in [9.17, 15) is 10.1 Å². The molecule has 0 atom stereocenters. The number of para-hydroxylation sites is 1. The Hall–Kier alpha value is -3.07. The van der Waals surface area contributed by atoms with Crippen LogP contribution in [-0.2, 0) is 11.4 Å². The van der Waals surface area contributed by atoms with Gasteiger partial charge in [-0.15, -0.1) is 0 Å². The molecule has 0 bridgehead atoms. The Morgan fingerprint density at radius 3 is 2.38 bits per heavy atom. The van der Waals surface area contributed by atoms with Gasteiger partial charge >= 0.3 is 0 Å². The Morgan fingerprint density at radius 2 is 1.76 bits per heavy atom. The van der Waals surface area contributed by atoms with Crippen molar-refractivity contribution in [1.82, 2.24) is 0 Å². The van der Waals surface area contributed by atoms with E-state index in [1.807, 2.05) is 42.5 Å². The van der Waals surface area contributed by atoms with Gasteiger partial charge in [0, 0.05) is 5.69 Å². The maximum Gasteiger partial charge on any atom is 0.266 e. The number of nitrogens with one attached hydrogen (secondary N) is 1. The predicted molar refractivity (Wildman–Crippen MR) is 119 cm³/mol. The monoisotopic (exact) mass is 466 g/mol. The van der Waals surface area contributed by atoms with E-state index in [1.54, 1.807) is 36.4 Å². The van der Waals surface area contributed by atoms with Crippen LogP contribution in [-0.4, -0.2) is 5.91 Å². The number of nitrogens with zero attached hydrogens (tertiary/aromatic N) is 1. The lowest BCUT2D eigenvalue weighted by atomic mass is 10.1. The number of benzene rings is 3. The molecular formula is C23H16BrClN2O2. The number of hydrogen-bond donors (Lipinski definition) is 1. The molecule has 0 radical (unpaired) electrons. The van der Waals surface area contributed by atoms with Crippen LogP contribution in [0.1, 0.15) is 11.1 Å². The third-order valence-electron chi connectivity index (χ3n) is 3.95. The average Bonchev–Trinajstić information content (AvgIpc) is 2.73. The molecule has 0 saturated carbocycles. The fraction of sp³-hybridized carbons (Fsp3) is 0.0435. The zero-order valence-corrected chi connectivity index (χ0v) is 17.6. The lowest BCUT2D eigenvalue weighted by Crippen LogP contribution is -2.13. The number of nitriles is 1. The van der Waals surface area contributed by atoms with Crippen LogP contribution in [0.4, 0.5) is 5.69 Å². The standard InChI is InChI=1S/C23H16BrClN2O2/c24-20-12-17(11-18(14-26)23(28)27-19-9-5-2-6-10-19)13-21(25)22(20)29-15-16-7-3-1-4-8-16/h1-13H,15H2,(H,27,28)/b18-11-. The summed E-state index contributed by atoms with van der Waals surface area (Å²) in [5.41, 5.74) is 2.20. The summed E-state index contributed by atoms with van der Waals surface area (Å²) >= 11 is 9.82. The maximum atomic E-state index is 12.4. The van der Waals surface area contributed by atoms with E-state index < -0.39 is 5.91 Å². The largest absolute Gasteiger partial charge is 0.486 e. The van der Waals surface area contributed by atoms with Gasteiger partial charge in [-0.1, -0.05) is 60.1 Å². The van der Waals surface area contributed by atoms with Gasteiger partial charge < -0.3 is 10.1 Å². The molecule has 0 aliphatic rings. The number of rotatable bonds is 6. The molecule has 3 aromatic carbocycles. The summed E-state index contributed by atoms with van der Waals surface area (Å²) in [7, 11) is 0. The molecule has 1 amide bonds. The molecule has 0 aliphatic heterocycles. The number of carbonyl (C=O) groups is 1. The molecule has 144 valence electrons. The molecule has 4 nitrogen and oxygen atoms in total. The molecule has 0 fully saturated rings. The smallest absolute Gasteiger partial charge is 0.266 e. The van der Waals surface area contributed by atoms with Gasteiger partial charge in [-0.25, -0.2) is 0 Å². The SMILES string of the molecule is N#C/C(=C/c1cc(Cl)c(OCc2ccccc2)c(Br)c1)C(=O)Nc1ccccc1. The number of ether oxygens (including phenoxy) is 1. The fourth-order valence-electron chi connectivity index (χ4n) is 2.57. The maximum absolute atomic E-state index is 12.4. The predicted octanol–water partition coefficient (Wildman–Crippen LogP) is 6.23. The second-order valence-electron chi connectivity index (χ2n) is 6.08. The van der Waals surface area contributed by atoms with Crippen molar-refractivity contribution in [2.24, 2.45) is 0 Å². The number of anilines is 1. The quantitative estimate of drug-likeness (QED) is 0.345. The van der Waals surface area contributed by atoms with Crippen LogP contribution >= 0.6 is 27.5 Å². The Morgan fingerprint density at radius 1 is 1.10 bits per heavy atom. The van der Waals surface area contributed by atoms with Gasteiger partial charge in [-0.05, 0) is 57.4 Å². The minimum Gasteiger partial charge on any atom is -0.486 e. The molecule has 6 heteroatoms. The van der Waals surface area contributed by atoms with E-state index in [-0.39, 0.29) is 5.57 Å². The van der Waals surface area contributed by atoms with Crippen LogP contribution in [0.3, 0.4) is 0 Å². The van der Waals surface area contributed by atoms with Crippen molar-refractivity contribution >= 4 is 45.2 Å². The van der Waals surface area contributed by atoms with Gasteiger partial charge in [-0.3, -0.25) is 4.79 Å². The van der Waals surface area contributed by atoms with Crippen molar-refractivity contribution in [3.8, 4) is 11.8 Å². The molecule has 0 heterocycles. The van der Waals surface area contributed by atoms with Gasteiger partial charge in [0.1, 0.15) is 18.2 Å². The zero-order chi connectivity index (χ0) is 20.6. The highest BCUT2D eigenvalue weighted by Crippen LogP contribution is 2.35. The summed E-state index contributed by atoms with van der Waals surface area (Å²) in [6, 6.07) is 24.0. The highest BCUT2D eigenvalue weighted by Gasteiger charge is 2.13. The molecule has 29 heavy (non-hydrogen) atoms. The van der Waals surface area contributed by atoms with E-state index in [1.165, 1.54) is 6.08 Å². The fourth-order valence-corrected chi connectivity index (χ4v) is 3.55. The van der Waals surface area contributed by atoms with Gasteiger partial charge in [0.05, 0.1) is 9.50 Å². The van der Waals surface area contributed by atoms with Crippen LogP contribution in [0.5, 0.6) is 5.75 Å². The van der Waals surface area contributed by atoms with E-state index in [0.29, 0.717) is 33.1 Å². The number of halogens is 2. The molecule has 3 aromatic rings. The van der Waals surface area contributed by atoms with Gasteiger partial charge in [0.15, 0.2) is 5.75 Å². The average molecular weight is 468 g/mol. The van der Waals surface area contributed by atoms with Crippen LogP contribution in [0.2, 0.25) is 5.02 Å². The first-order valence-corrected chi connectivity index (χ1v) is 9.88. The molecule has 0 spiro atoms. The normalized spacial score (nSPS) is 10.9. The van der Waals surface area contributed by atoms with Crippen molar-refractivity contribution in [2.45, 2.75) is 6.61 Å². The van der Waals surface area contributed by atoms with Crippen LogP contribution in [0, 0.1) is 11.3 Å². The Balaban J connectivity index is 1.77. The molecule has 1 N–H and O–H groups in total. The van der Waals surface area contributed by atoms with E-state index in [0.717, 1.165) is 5.56 Å². The van der Waals surface area contributed by atoms with Crippen molar-refractivity contribution in [2.75, 3.05) is 5.32 Å². The Kier molecular flexibility index (Phi) is 7.07. The Bertz CT molecular complexity index is 1050. The molecule has 3 rings (SSSR count). The van der Waals surface area contributed by atoms with Crippen molar-refractivity contribution in [1.29, 1.82) is 5.26 Å². The summed E-state index contributed by atoms with van der Waals surface area (Å²) < 4.78 is 6.45. The van der Waals surface area contributed by atoms with Crippen LogP contribution in [0.15, 0.2) is 82.8 Å². The van der Waals surface area contributed by atoms with Gasteiger partial charge in [-0.2, -0.15) is 5.26 Å². The second kappa shape index (κ2) is 9.92. The first-order valence-electron chi connectivity index (χ1n) is 8.71. The lowest BCUT2D eigenvalue weighted by Gasteiger charge is -2.11. The Labute approximate surface area is 182 Å². The third-order valence-corrected chi connectivity index (χ3v) is 4.82. The van der Waals surface area contributed by atoms with Crippen molar-refractivity contribution < 1.29 is 9.53 Å². The van der Waals surface area contributed by atoms with E-state index >= 15 is 0 Å². The third kappa shape index (κ3) is 5.71.